The molecule has 0 unspecified atom stereocenters. The fourth-order valence-electron chi connectivity index (χ4n) is 7.17. The second kappa shape index (κ2) is 11.3. The van der Waals surface area contributed by atoms with E-state index in [1.54, 1.807) is 24.3 Å². The maximum absolute atomic E-state index is 14.6. The van der Waals surface area contributed by atoms with Gasteiger partial charge in [-0.1, -0.05) is 114 Å². The second-order valence-electron chi connectivity index (χ2n) is 12.6. The number of aromatic nitrogens is 2. The summed E-state index contributed by atoms with van der Waals surface area (Å²) < 4.78 is 39.4. The molecule has 7 nitrogen and oxygen atoms in total. The Morgan fingerprint density at radius 3 is 2.06 bits per heavy atom. The topological polar surface area (TPSA) is 88.2 Å². The number of para-hydroxylation sites is 2. The van der Waals surface area contributed by atoms with Crippen molar-refractivity contribution in [2.45, 2.75) is 30.8 Å². The maximum Gasteiger partial charge on any atom is 0.264 e. The van der Waals surface area contributed by atoms with E-state index in [4.69, 9.17) is 9.84 Å². The zero-order chi connectivity index (χ0) is 33.0. The number of fused-ring (bicyclic) bond motifs is 5. The molecule has 236 valence electrons. The average molecular weight is 649 g/mol. The lowest BCUT2D eigenvalue weighted by molar-refractivity contribution is 0.0488. The first-order chi connectivity index (χ1) is 23.3. The number of anilines is 1. The zero-order valence-electron chi connectivity index (χ0n) is 26.5. The van der Waals surface area contributed by atoms with Gasteiger partial charge in [0.2, 0.25) is 5.88 Å². The number of nitriles is 1. The number of hydrogen-bond acceptors (Lipinski definition) is 5. The molecule has 2 aliphatic rings. The molecule has 8 heteroatoms. The van der Waals surface area contributed by atoms with Gasteiger partial charge in [-0.05, 0) is 55.3 Å². The van der Waals surface area contributed by atoms with Crippen molar-refractivity contribution in [1.82, 2.24) is 9.78 Å². The molecular formula is C40H32N4O3S. The highest BCUT2D eigenvalue weighted by Crippen LogP contribution is 2.63. The maximum atomic E-state index is 14.6. The van der Waals surface area contributed by atoms with Crippen LogP contribution in [0.4, 0.5) is 5.69 Å². The number of aryl methyl sites for hydroxylation is 2. The summed E-state index contributed by atoms with van der Waals surface area (Å²) in [4.78, 5) is 0.167. The van der Waals surface area contributed by atoms with Crippen LogP contribution in [0.1, 0.15) is 39.8 Å². The van der Waals surface area contributed by atoms with Crippen molar-refractivity contribution >= 4 is 15.7 Å². The summed E-state index contributed by atoms with van der Waals surface area (Å²) in [6.45, 7) is 3.81. The molecule has 6 aromatic rings. The fourth-order valence-corrected chi connectivity index (χ4v) is 8.72. The molecule has 0 amide bonds. The zero-order valence-corrected chi connectivity index (χ0v) is 27.3. The van der Waals surface area contributed by atoms with Crippen LogP contribution in [0, 0.1) is 30.6 Å². The number of benzene rings is 5. The normalized spacial score (nSPS) is 19.7. The summed E-state index contributed by atoms with van der Waals surface area (Å²) in [6.07, 6.45) is -0.826. The molecule has 0 saturated carbocycles. The summed E-state index contributed by atoms with van der Waals surface area (Å²) in [5, 5.41) is 16.7. The molecular weight excluding hydrogens is 617 g/mol. The van der Waals surface area contributed by atoms with Crippen molar-refractivity contribution in [3.8, 4) is 28.9 Å². The molecule has 0 saturated heterocycles. The van der Waals surface area contributed by atoms with Crippen LogP contribution in [0.5, 0.6) is 5.88 Å². The Kier molecular flexibility index (Phi) is 6.97. The first kappa shape index (κ1) is 29.7. The summed E-state index contributed by atoms with van der Waals surface area (Å²) in [7, 11) is -4.07. The number of rotatable bonds is 5. The van der Waals surface area contributed by atoms with Gasteiger partial charge in [-0.25, -0.2) is 13.1 Å². The van der Waals surface area contributed by atoms with Crippen molar-refractivity contribution in [2.24, 2.45) is 5.41 Å². The minimum absolute atomic E-state index is 0.121. The highest BCUT2D eigenvalue weighted by Gasteiger charge is 2.61. The van der Waals surface area contributed by atoms with E-state index in [0.717, 1.165) is 39.1 Å². The SMILES string of the molecule is Cc1ccc([C@@H]2Oc3c(c(-c4ccccc4)nn3-c3ccccc3)[C@H]3c4ccccc4N(S(=O)(=O)c4ccc(C)cc4)C[C@]32C#N)cc1. The first-order valence-electron chi connectivity index (χ1n) is 15.9. The Labute approximate surface area is 280 Å². The van der Waals surface area contributed by atoms with Crippen LogP contribution in [-0.2, 0) is 10.0 Å². The van der Waals surface area contributed by atoms with Gasteiger partial charge in [-0.3, -0.25) is 4.31 Å². The van der Waals surface area contributed by atoms with Crippen LogP contribution >= 0.6 is 0 Å². The van der Waals surface area contributed by atoms with Gasteiger partial charge in [0.25, 0.3) is 10.0 Å². The number of hydrogen-bond donors (Lipinski definition) is 0. The minimum atomic E-state index is -4.07. The predicted octanol–water partition coefficient (Wildman–Crippen LogP) is 8.14. The van der Waals surface area contributed by atoms with E-state index in [0.29, 0.717) is 17.3 Å². The second-order valence-corrected chi connectivity index (χ2v) is 14.4. The standard InChI is InChI=1S/C40H32N4O3S/c1-27-17-21-30(22-18-27)38-40(25-41)26-43(48(45,46)32-23-19-28(2)20-24-32)34-16-10-9-15-33(34)36(40)35-37(29-11-5-3-6-12-29)42-44(39(35)47-38)31-13-7-4-8-14-31/h3-24,36,38H,26H2,1-2H3/t36-,38+,40-/m1/s1. The minimum Gasteiger partial charge on any atom is -0.467 e. The number of nitrogens with zero attached hydrogens (tertiary/aromatic N) is 4. The van der Waals surface area contributed by atoms with Gasteiger partial charge in [-0.15, -0.1) is 0 Å². The highest BCUT2D eigenvalue weighted by atomic mass is 32.2. The van der Waals surface area contributed by atoms with E-state index in [1.165, 1.54) is 4.31 Å². The van der Waals surface area contributed by atoms with Crippen LogP contribution in [-0.4, -0.2) is 24.7 Å². The van der Waals surface area contributed by atoms with Gasteiger partial charge in [0, 0.05) is 11.5 Å². The van der Waals surface area contributed by atoms with Crippen LogP contribution in [0.15, 0.2) is 138 Å². The molecule has 2 aliphatic heterocycles. The molecule has 1 aromatic heterocycles. The largest absolute Gasteiger partial charge is 0.467 e. The van der Waals surface area contributed by atoms with Crippen LogP contribution < -0.4 is 9.04 Å². The Balaban J connectivity index is 1.46. The Morgan fingerprint density at radius 1 is 0.792 bits per heavy atom. The molecule has 8 rings (SSSR count). The third-order valence-electron chi connectivity index (χ3n) is 9.55. The molecule has 0 aliphatic carbocycles. The summed E-state index contributed by atoms with van der Waals surface area (Å²) in [5.74, 6) is -0.0444. The average Bonchev–Trinajstić information content (AvgIpc) is 3.51. The van der Waals surface area contributed by atoms with Crippen molar-refractivity contribution in [2.75, 3.05) is 10.8 Å². The van der Waals surface area contributed by atoms with Crippen molar-refractivity contribution < 1.29 is 13.2 Å². The summed E-state index contributed by atoms with van der Waals surface area (Å²) in [6, 6.07) is 44.7. The van der Waals surface area contributed by atoms with Gasteiger partial charge < -0.3 is 4.74 Å². The first-order valence-corrected chi connectivity index (χ1v) is 17.3. The van der Waals surface area contributed by atoms with Crippen LogP contribution in [0.2, 0.25) is 0 Å². The molecule has 0 bridgehead atoms. The van der Waals surface area contributed by atoms with E-state index in [1.807, 2.05) is 128 Å². The monoisotopic (exact) mass is 648 g/mol. The lowest BCUT2D eigenvalue weighted by Crippen LogP contribution is -2.54. The van der Waals surface area contributed by atoms with E-state index in [9.17, 15) is 13.7 Å². The third-order valence-corrected chi connectivity index (χ3v) is 11.3. The number of ether oxygens (including phenoxy) is 1. The van der Waals surface area contributed by atoms with Crippen LogP contribution in [0.25, 0.3) is 16.9 Å². The van der Waals surface area contributed by atoms with E-state index in [-0.39, 0.29) is 11.4 Å². The van der Waals surface area contributed by atoms with E-state index >= 15 is 0 Å². The highest BCUT2D eigenvalue weighted by molar-refractivity contribution is 7.92. The molecule has 48 heavy (non-hydrogen) atoms. The quantitative estimate of drug-likeness (QED) is 0.188. The lowest BCUT2D eigenvalue weighted by atomic mass is 9.61. The van der Waals surface area contributed by atoms with Gasteiger partial charge in [0.05, 0.1) is 34.4 Å². The molecule has 5 aromatic carbocycles. The molecule has 0 radical (unpaired) electrons. The summed E-state index contributed by atoms with van der Waals surface area (Å²) >= 11 is 0. The van der Waals surface area contributed by atoms with Gasteiger partial charge in [0.15, 0.2) is 0 Å². The Bertz CT molecular complexity index is 2300. The van der Waals surface area contributed by atoms with Crippen molar-refractivity contribution in [3.05, 3.63) is 161 Å². The van der Waals surface area contributed by atoms with Crippen molar-refractivity contribution in [3.63, 3.8) is 0 Å². The summed E-state index contributed by atoms with van der Waals surface area (Å²) in [5.41, 5.74) is 5.84. The van der Waals surface area contributed by atoms with E-state index in [2.05, 4.69) is 6.07 Å². The molecule has 0 spiro atoms. The molecule has 3 atom stereocenters. The van der Waals surface area contributed by atoms with Gasteiger partial charge in [0.1, 0.15) is 17.2 Å². The van der Waals surface area contributed by atoms with Gasteiger partial charge >= 0.3 is 0 Å². The Morgan fingerprint density at radius 2 is 1.40 bits per heavy atom. The molecule has 0 fully saturated rings. The fraction of sp³-hybridized carbons (Fsp3) is 0.150. The van der Waals surface area contributed by atoms with Crippen molar-refractivity contribution in [1.29, 1.82) is 5.26 Å². The number of sulfonamides is 1. The van der Waals surface area contributed by atoms with Gasteiger partial charge in [-0.2, -0.15) is 10.4 Å². The smallest absolute Gasteiger partial charge is 0.264 e. The predicted molar refractivity (Wildman–Crippen MR) is 186 cm³/mol. The van der Waals surface area contributed by atoms with E-state index < -0.39 is 27.5 Å². The lowest BCUT2D eigenvalue weighted by Gasteiger charge is -2.51. The van der Waals surface area contributed by atoms with Crippen LogP contribution in [0.3, 0.4) is 0 Å². The molecule has 3 heterocycles. The third kappa shape index (κ3) is 4.54. The molecule has 0 N–H and O–H groups in total. The Hall–Kier alpha value is -5.65.